The number of hydrogen-bond donors (Lipinski definition) is 2. The van der Waals surface area contributed by atoms with Crippen LogP contribution in [0.3, 0.4) is 0 Å². The van der Waals surface area contributed by atoms with Gasteiger partial charge >= 0.3 is 0 Å². The fraction of sp³-hybridized carbons (Fsp3) is 0.333. The van der Waals surface area contributed by atoms with Crippen molar-refractivity contribution in [3.8, 4) is 0 Å². The summed E-state index contributed by atoms with van der Waals surface area (Å²) in [5, 5.41) is 7.51. The van der Waals surface area contributed by atoms with E-state index in [0.29, 0.717) is 11.7 Å². The normalized spacial score (nSPS) is 10.3. The Morgan fingerprint density at radius 2 is 1.95 bits per heavy atom. The van der Waals surface area contributed by atoms with Crippen LogP contribution in [-0.4, -0.2) is 31.0 Å². The second-order valence-corrected chi connectivity index (χ2v) is 4.54. The number of hydrogen-bond acceptors (Lipinski definition) is 3. The van der Waals surface area contributed by atoms with Crippen molar-refractivity contribution in [2.45, 2.75) is 13.8 Å². The number of thiocarbonyl (C=S) groups is 1. The summed E-state index contributed by atoms with van der Waals surface area (Å²) in [7, 11) is 0. The van der Waals surface area contributed by atoms with Crippen molar-refractivity contribution in [1.29, 1.82) is 0 Å². The molecule has 0 fully saturated rings. The summed E-state index contributed by atoms with van der Waals surface area (Å²) in [6.07, 6.45) is 3.48. The number of hydrazone groups is 1. The first-order chi connectivity index (χ1) is 9.71. The van der Waals surface area contributed by atoms with Crippen LogP contribution >= 0.6 is 12.2 Å². The zero-order valence-electron chi connectivity index (χ0n) is 12.1. The van der Waals surface area contributed by atoms with Gasteiger partial charge in [-0.25, -0.2) is 0 Å². The molecule has 0 saturated carbocycles. The van der Waals surface area contributed by atoms with Gasteiger partial charge in [-0.05, 0) is 43.8 Å². The van der Waals surface area contributed by atoms with E-state index in [2.05, 4.69) is 53.3 Å². The second kappa shape index (κ2) is 9.09. The largest absolute Gasteiger partial charge is 0.372 e. The minimum absolute atomic E-state index is 0.487. The van der Waals surface area contributed by atoms with Crippen molar-refractivity contribution in [3.63, 3.8) is 0 Å². The van der Waals surface area contributed by atoms with Gasteiger partial charge < -0.3 is 10.2 Å². The number of nitrogens with zero attached hydrogens (tertiary/aromatic N) is 2. The van der Waals surface area contributed by atoms with Gasteiger partial charge in [0.25, 0.3) is 0 Å². The summed E-state index contributed by atoms with van der Waals surface area (Å²) in [5.74, 6) is 0. The molecule has 2 N–H and O–H groups in total. The van der Waals surface area contributed by atoms with Gasteiger partial charge in [0.2, 0.25) is 0 Å². The zero-order chi connectivity index (χ0) is 14.8. The molecule has 0 spiro atoms. The van der Waals surface area contributed by atoms with E-state index >= 15 is 0 Å². The molecule has 0 amide bonds. The molecule has 0 aliphatic carbocycles. The summed E-state index contributed by atoms with van der Waals surface area (Å²) in [4.78, 5) is 2.30. The molecule has 0 bridgehead atoms. The van der Waals surface area contributed by atoms with Gasteiger partial charge in [-0.2, -0.15) is 5.10 Å². The maximum atomic E-state index is 5.03. The summed E-state index contributed by atoms with van der Waals surface area (Å²) in [6.45, 7) is 10.6. The molecule has 0 unspecified atom stereocenters. The first kappa shape index (κ1) is 16.2. The van der Waals surface area contributed by atoms with Gasteiger partial charge in [0.1, 0.15) is 0 Å². The molecule has 1 rings (SSSR count). The fourth-order valence-corrected chi connectivity index (χ4v) is 1.87. The maximum absolute atomic E-state index is 5.03. The van der Waals surface area contributed by atoms with Crippen molar-refractivity contribution in [1.82, 2.24) is 10.7 Å². The minimum atomic E-state index is 0.487. The molecule has 20 heavy (non-hydrogen) atoms. The van der Waals surface area contributed by atoms with E-state index in [9.17, 15) is 0 Å². The summed E-state index contributed by atoms with van der Waals surface area (Å²) in [5.41, 5.74) is 5.01. The summed E-state index contributed by atoms with van der Waals surface area (Å²) in [6, 6.07) is 8.28. The lowest BCUT2D eigenvalue weighted by atomic mass is 10.2. The zero-order valence-corrected chi connectivity index (χ0v) is 12.9. The molecule has 0 radical (unpaired) electrons. The summed E-state index contributed by atoms with van der Waals surface area (Å²) < 4.78 is 0. The molecule has 5 heteroatoms. The molecule has 4 nitrogen and oxygen atoms in total. The molecule has 108 valence electrons. The molecular weight excluding hydrogens is 268 g/mol. The Bertz CT molecular complexity index is 449. The Balaban J connectivity index is 2.52. The van der Waals surface area contributed by atoms with Gasteiger partial charge in [0, 0.05) is 25.3 Å². The van der Waals surface area contributed by atoms with Crippen LogP contribution < -0.4 is 15.6 Å². The van der Waals surface area contributed by atoms with Gasteiger partial charge in [0.15, 0.2) is 5.11 Å². The maximum Gasteiger partial charge on any atom is 0.187 e. The highest BCUT2D eigenvalue weighted by Gasteiger charge is 2.00. The standard InChI is InChI=1S/C15H22N4S/c1-4-11-16-15(20)18-17-12-13-7-9-14(10-8-13)19(5-2)6-3/h4,7-10,12H,1,5-6,11H2,2-3H3,(H2,16,18,20). The molecule has 0 atom stereocenters. The van der Waals surface area contributed by atoms with E-state index in [0.717, 1.165) is 18.7 Å². The van der Waals surface area contributed by atoms with E-state index in [1.807, 2.05) is 12.1 Å². The number of rotatable bonds is 7. The third-order valence-electron chi connectivity index (χ3n) is 2.81. The third kappa shape index (κ3) is 5.40. The highest BCUT2D eigenvalue weighted by molar-refractivity contribution is 7.80. The van der Waals surface area contributed by atoms with Crippen molar-refractivity contribution in [3.05, 3.63) is 42.5 Å². The lowest BCUT2D eigenvalue weighted by molar-refractivity contribution is 0.866. The molecule has 0 aliphatic heterocycles. The van der Waals surface area contributed by atoms with Crippen molar-refractivity contribution < 1.29 is 0 Å². The predicted molar refractivity (Wildman–Crippen MR) is 91.5 cm³/mol. The SMILES string of the molecule is C=CCNC(=S)NN=Cc1ccc(N(CC)CC)cc1. The molecule has 0 aromatic heterocycles. The van der Waals surface area contributed by atoms with Gasteiger partial charge in [-0.1, -0.05) is 18.2 Å². The van der Waals surface area contributed by atoms with Crippen LogP contribution in [0.25, 0.3) is 0 Å². The molecule has 0 aliphatic rings. The van der Waals surface area contributed by atoms with E-state index in [1.54, 1.807) is 12.3 Å². The minimum Gasteiger partial charge on any atom is -0.372 e. The lowest BCUT2D eigenvalue weighted by Gasteiger charge is -2.20. The third-order valence-corrected chi connectivity index (χ3v) is 3.04. The highest BCUT2D eigenvalue weighted by Crippen LogP contribution is 2.13. The number of nitrogens with one attached hydrogen (secondary N) is 2. The van der Waals surface area contributed by atoms with Crippen molar-refractivity contribution in [2.75, 3.05) is 24.5 Å². The fourth-order valence-electron chi connectivity index (χ4n) is 1.73. The Morgan fingerprint density at radius 1 is 1.30 bits per heavy atom. The first-order valence-electron chi connectivity index (χ1n) is 6.74. The van der Waals surface area contributed by atoms with Gasteiger partial charge in [-0.3, -0.25) is 5.43 Å². The first-order valence-corrected chi connectivity index (χ1v) is 7.14. The van der Waals surface area contributed by atoms with E-state index in [1.165, 1.54) is 5.69 Å². The average molecular weight is 290 g/mol. The van der Waals surface area contributed by atoms with Crippen LogP contribution in [0.1, 0.15) is 19.4 Å². The van der Waals surface area contributed by atoms with Crippen LogP contribution in [-0.2, 0) is 0 Å². The van der Waals surface area contributed by atoms with Crippen molar-refractivity contribution in [2.24, 2.45) is 5.10 Å². The summed E-state index contributed by atoms with van der Waals surface area (Å²) >= 11 is 5.03. The monoisotopic (exact) mass is 290 g/mol. The quantitative estimate of drug-likeness (QED) is 0.350. The molecule has 0 heterocycles. The van der Waals surface area contributed by atoms with E-state index < -0.39 is 0 Å². The molecular formula is C15H22N4S. The smallest absolute Gasteiger partial charge is 0.187 e. The van der Waals surface area contributed by atoms with Crippen LogP contribution in [0.4, 0.5) is 5.69 Å². The second-order valence-electron chi connectivity index (χ2n) is 4.13. The van der Waals surface area contributed by atoms with Crippen molar-refractivity contribution >= 4 is 29.2 Å². The topological polar surface area (TPSA) is 39.7 Å². The van der Waals surface area contributed by atoms with Crippen LogP contribution in [0, 0.1) is 0 Å². The number of benzene rings is 1. The van der Waals surface area contributed by atoms with E-state index in [4.69, 9.17) is 12.2 Å². The number of anilines is 1. The lowest BCUT2D eigenvalue weighted by Crippen LogP contribution is -2.31. The Labute approximate surface area is 126 Å². The van der Waals surface area contributed by atoms with Gasteiger partial charge in [-0.15, -0.1) is 6.58 Å². The Hall–Kier alpha value is -1.88. The molecule has 1 aromatic carbocycles. The predicted octanol–water partition coefficient (Wildman–Crippen LogP) is 2.52. The highest BCUT2D eigenvalue weighted by atomic mass is 32.1. The molecule has 0 saturated heterocycles. The van der Waals surface area contributed by atoms with Crippen LogP contribution in [0.15, 0.2) is 42.0 Å². The van der Waals surface area contributed by atoms with E-state index in [-0.39, 0.29) is 0 Å². The van der Waals surface area contributed by atoms with Crippen LogP contribution in [0.5, 0.6) is 0 Å². The van der Waals surface area contributed by atoms with Crippen LogP contribution in [0.2, 0.25) is 0 Å². The Kier molecular flexibility index (Phi) is 7.35. The van der Waals surface area contributed by atoms with Gasteiger partial charge in [0.05, 0.1) is 6.21 Å². The molecule has 1 aromatic rings. The Morgan fingerprint density at radius 3 is 2.50 bits per heavy atom. The average Bonchev–Trinajstić information content (AvgIpc) is 2.48.